The number of amidine groups is 1. The summed E-state index contributed by atoms with van der Waals surface area (Å²) in [5.74, 6) is -0.134. The zero-order chi connectivity index (χ0) is 21.3. The predicted octanol–water partition coefficient (Wildman–Crippen LogP) is 5.48. The summed E-state index contributed by atoms with van der Waals surface area (Å²) in [7, 11) is 1.85. The number of nitrogens with zero attached hydrogens (tertiary/aromatic N) is 2. The van der Waals surface area contributed by atoms with Crippen molar-refractivity contribution < 1.29 is 17.9 Å². The van der Waals surface area contributed by atoms with Gasteiger partial charge in [-0.05, 0) is 54.4 Å². The van der Waals surface area contributed by atoms with Gasteiger partial charge in [0.1, 0.15) is 41.7 Å². The van der Waals surface area contributed by atoms with E-state index in [1.807, 2.05) is 24.9 Å². The fourth-order valence-corrected chi connectivity index (χ4v) is 3.88. The molecule has 154 valence electrons. The molecule has 3 aromatic rings. The summed E-state index contributed by atoms with van der Waals surface area (Å²) < 4.78 is 47.2. The smallest absolute Gasteiger partial charge is 0.145 e. The van der Waals surface area contributed by atoms with Gasteiger partial charge in [0.15, 0.2) is 0 Å². The van der Waals surface area contributed by atoms with Crippen LogP contribution in [0.3, 0.4) is 0 Å². The second-order valence-electron chi connectivity index (χ2n) is 7.47. The van der Waals surface area contributed by atoms with Gasteiger partial charge >= 0.3 is 0 Å². The molecule has 0 spiro atoms. The van der Waals surface area contributed by atoms with E-state index in [0.717, 1.165) is 0 Å². The standard InChI is InChI=1S/C24H21F3N2O/c1-24(17-7-4-9-19(26)13-17)23(16-6-3-8-18(25)12-16)28-22(29(24)2)15-30-21-11-5-10-20(27)14-21/h3-14,23H,15H2,1-2H3. The number of benzene rings is 3. The molecule has 1 aliphatic rings. The van der Waals surface area contributed by atoms with Gasteiger partial charge in [0.25, 0.3) is 0 Å². The lowest BCUT2D eigenvalue weighted by Crippen LogP contribution is -2.44. The summed E-state index contributed by atoms with van der Waals surface area (Å²) in [4.78, 5) is 6.73. The quantitative estimate of drug-likeness (QED) is 0.556. The fourth-order valence-electron chi connectivity index (χ4n) is 3.88. The molecule has 0 aromatic heterocycles. The molecule has 0 fully saturated rings. The van der Waals surface area contributed by atoms with Crippen LogP contribution < -0.4 is 4.74 Å². The third-order valence-electron chi connectivity index (χ3n) is 5.63. The van der Waals surface area contributed by atoms with Crippen LogP contribution in [-0.4, -0.2) is 24.4 Å². The number of likely N-dealkylation sites (N-methyl/N-ethyl adjacent to an activating group) is 1. The van der Waals surface area contributed by atoms with Crippen LogP contribution in [-0.2, 0) is 5.54 Å². The highest BCUT2D eigenvalue weighted by atomic mass is 19.1. The van der Waals surface area contributed by atoms with Crippen molar-refractivity contribution in [3.63, 3.8) is 0 Å². The Hall–Kier alpha value is -3.28. The molecule has 30 heavy (non-hydrogen) atoms. The van der Waals surface area contributed by atoms with Crippen LogP contribution in [0, 0.1) is 17.5 Å². The van der Waals surface area contributed by atoms with Gasteiger partial charge in [-0.1, -0.05) is 30.3 Å². The van der Waals surface area contributed by atoms with Gasteiger partial charge in [-0.3, -0.25) is 4.99 Å². The lowest BCUT2D eigenvalue weighted by atomic mass is 9.81. The van der Waals surface area contributed by atoms with Gasteiger partial charge in [-0.2, -0.15) is 0 Å². The summed E-state index contributed by atoms with van der Waals surface area (Å²) in [5.41, 5.74) is 0.620. The van der Waals surface area contributed by atoms with Crippen LogP contribution in [0.25, 0.3) is 0 Å². The number of rotatable bonds is 5. The van der Waals surface area contributed by atoms with Gasteiger partial charge in [0, 0.05) is 13.1 Å². The van der Waals surface area contributed by atoms with Gasteiger partial charge in [-0.25, -0.2) is 13.2 Å². The lowest BCUT2D eigenvalue weighted by molar-refractivity contribution is 0.209. The Morgan fingerprint density at radius 2 is 1.53 bits per heavy atom. The van der Waals surface area contributed by atoms with E-state index >= 15 is 0 Å². The predicted molar refractivity (Wildman–Crippen MR) is 110 cm³/mol. The van der Waals surface area contributed by atoms with E-state index in [-0.39, 0.29) is 18.2 Å². The summed E-state index contributed by atoms with van der Waals surface area (Å²) in [5, 5.41) is 0. The van der Waals surface area contributed by atoms with Crippen molar-refractivity contribution in [3.05, 3.63) is 101 Å². The molecule has 0 N–H and O–H groups in total. The van der Waals surface area contributed by atoms with Crippen LogP contribution in [0.15, 0.2) is 77.8 Å². The van der Waals surface area contributed by atoms with Crippen LogP contribution in [0.2, 0.25) is 0 Å². The average Bonchev–Trinajstić information content (AvgIpc) is 2.98. The topological polar surface area (TPSA) is 24.8 Å². The second kappa shape index (κ2) is 7.86. The summed E-state index contributed by atoms with van der Waals surface area (Å²) in [6.45, 7) is 2.03. The Bertz CT molecular complexity index is 1100. The molecule has 0 saturated carbocycles. The summed E-state index contributed by atoms with van der Waals surface area (Å²) in [6, 6.07) is 18.0. The molecular formula is C24H21F3N2O. The highest BCUT2D eigenvalue weighted by Crippen LogP contribution is 2.46. The van der Waals surface area contributed by atoms with E-state index in [1.54, 1.807) is 30.3 Å². The minimum atomic E-state index is -0.767. The minimum absolute atomic E-state index is 0.0939. The summed E-state index contributed by atoms with van der Waals surface area (Å²) in [6.07, 6.45) is 0. The third-order valence-corrected chi connectivity index (χ3v) is 5.63. The molecule has 0 saturated heterocycles. The van der Waals surface area contributed by atoms with Gasteiger partial charge in [0.05, 0.1) is 5.54 Å². The second-order valence-corrected chi connectivity index (χ2v) is 7.47. The molecule has 4 rings (SSSR count). The maximum absolute atomic E-state index is 14.0. The first-order chi connectivity index (χ1) is 14.4. The maximum Gasteiger partial charge on any atom is 0.145 e. The van der Waals surface area contributed by atoms with E-state index in [0.29, 0.717) is 22.7 Å². The number of halogens is 3. The molecular weight excluding hydrogens is 389 g/mol. The number of hydrogen-bond acceptors (Lipinski definition) is 3. The maximum atomic E-state index is 14.0. The molecule has 0 radical (unpaired) electrons. The first-order valence-electron chi connectivity index (χ1n) is 9.58. The monoisotopic (exact) mass is 410 g/mol. The zero-order valence-electron chi connectivity index (χ0n) is 16.6. The first-order valence-corrected chi connectivity index (χ1v) is 9.58. The zero-order valence-corrected chi connectivity index (χ0v) is 16.6. The molecule has 0 bridgehead atoms. The van der Waals surface area contributed by atoms with E-state index in [1.165, 1.54) is 36.4 Å². The van der Waals surface area contributed by atoms with Crippen molar-refractivity contribution in [3.8, 4) is 5.75 Å². The molecule has 6 heteroatoms. The van der Waals surface area contributed by atoms with Crippen molar-refractivity contribution in [2.24, 2.45) is 4.99 Å². The summed E-state index contributed by atoms with van der Waals surface area (Å²) >= 11 is 0. The van der Waals surface area contributed by atoms with E-state index in [9.17, 15) is 13.2 Å². The highest BCUT2D eigenvalue weighted by Gasteiger charge is 2.47. The molecule has 2 unspecified atom stereocenters. The Balaban J connectivity index is 1.72. The van der Waals surface area contributed by atoms with E-state index < -0.39 is 17.4 Å². The minimum Gasteiger partial charge on any atom is -0.486 e. The molecule has 1 heterocycles. The normalized spacial score (nSPS) is 20.9. The first kappa shape index (κ1) is 20.0. The molecule has 3 nitrogen and oxygen atoms in total. The molecule has 1 aliphatic heterocycles. The molecule has 0 amide bonds. The third kappa shape index (κ3) is 3.65. The number of hydrogen-bond donors (Lipinski definition) is 0. The molecule has 2 atom stereocenters. The highest BCUT2D eigenvalue weighted by molar-refractivity contribution is 5.87. The Kier molecular flexibility index (Phi) is 5.24. The molecule has 0 aliphatic carbocycles. The van der Waals surface area contributed by atoms with Crippen LogP contribution in [0.1, 0.15) is 24.1 Å². The van der Waals surface area contributed by atoms with Crippen molar-refractivity contribution >= 4 is 5.84 Å². The van der Waals surface area contributed by atoms with Crippen LogP contribution in [0.4, 0.5) is 13.2 Å². The largest absolute Gasteiger partial charge is 0.486 e. The number of aliphatic imine (C=N–C) groups is 1. The van der Waals surface area contributed by atoms with Crippen molar-refractivity contribution in [2.45, 2.75) is 18.5 Å². The van der Waals surface area contributed by atoms with Gasteiger partial charge < -0.3 is 9.64 Å². The van der Waals surface area contributed by atoms with Crippen LogP contribution in [0.5, 0.6) is 5.75 Å². The fraction of sp³-hybridized carbons (Fsp3) is 0.208. The molecule has 3 aromatic carbocycles. The van der Waals surface area contributed by atoms with Crippen molar-refractivity contribution in [1.82, 2.24) is 4.90 Å². The van der Waals surface area contributed by atoms with Crippen molar-refractivity contribution in [1.29, 1.82) is 0 Å². The SMILES string of the molecule is CN1C(COc2cccc(F)c2)=NC(c2cccc(F)c2)C1(C)c1cccc(F)c1. The lowest BCUT2D eigenvalue weighted by Gasteiger charge is -2.39. The average molecular weight is 410 g/mol. The Labute approximate surface area is 173 Å². The van der Waals surface area contributed by atoms with E-state index in [2.05, 4.69) is 0 Å². The Morgan fingerprint density at radius 1 is 0.900 bits per heavy atom. The number of ether oxygens (including phenoxy) is 1. The van der Waals surface area contributed by atoms with Crippen LogP contribution >= 0.6 is 0 Å². The van der Waals surface area contributed by atoms with Gasteiger partial charge in [0.2, 0.25) is 0 Å². The van der Waals surface area contributed by atoms with Crippen molar-refractivity contribution in [2.75, 3.05) is 13.7 Å². The van der Waals surface area contributed by atoms with E-state index in [4.69, 9.17) is 9.73 Å². The van der Waals surface area contributed by atoms with Gasteiger partial charge in [-0.15, -0.1) is 0 Å². The Morgan fingerprint density at radius 3 is 2.20 bits per heavy atom.